The van der Waals surface area contributed by atoms with E-state index < -0.39 is 0 Å². The molecule has 1 aromatic heterocycles. The van der Waals surface area contributed by atoms with Crippen molar-refractivity contribution in [1.29, 1.82) is 0 Å². The SMILES string of the molecule is c1ccc(-c2nccnc2N2CCCC3(CC2)CC3)cc1. The van der Waals surface area contributed by atoms with Crippen LogP contribution in [0.1, 0.15) is 32.1 Å². The highest BCUT2D eigenvalue weighted by molar-refractivity contribution is 5.71. The lowest BCUT2D eigenvalue weighted by atomic mass is 9.98. The van der Waals surface area contributed by atoms with E-state index in [0.717, 1.165) is 30.2 Å². The topological polar surface area (TPSA) is 29.0 Å². The Labute approximate surface area is 126 Å². The van der Waals surface area contributed by atoms with Crippen molar-refractivity contribution in [2.45, 2.75) is 32.1 Å². The first kappa shape index (κ1) is 12.8. The van der Waals surface area contributed by atoms with E-state index in [-0.39, 0.29) is 0 Å². The third-order valence-electron chi connectivity index (χ3n) is 5.03. The molecule has 1 saturated carbocycles. The van der Waals surface area contributed by atoms with Crippen molar-refractivity contribution < 1.29 is 0 Å². The van der Waals surface area contributed by atoms with Gasteiger partial charge in [0, 0.05) is 31.0 Å². The Morgan fingerprint density at radius 2 is 1.67 bits per heavy atom. The summed E-state index contributed by atoms with van der Waals surface area (Å²) in [5, 5.41) is 0. The molecule has 0 N–H and O–H groups in total. The van der Waals surface area contributed by atoms with Crippen molar-refractivity contribution in [1.82, 2.24) is 9.97 Å². The Morgan fingerprint density at radius 1 is 0.857 bits per heavy atom. The summed E-state index contributed by atoms with van der Waals surface area (Å²) in [6.45, 7) is 2.23. The minimum Gasteiger partial charge on any atom is -0.355 e. The van der Waals surface area contributed by atoms with Crippen molar-refractivity contribution in [3.05, 3.63) is 42.7 Å². The van der Waals surface area contributed by atoms with Crippen LogP contribution in [0.15, 0.2) is 42.7 Å². The fourth-order valence-corrected chi connectivity index (χ4v) is 3.50. The van der Waals surface area contributed by atoms with Gasteiger partial charge in [0.15, 0.2) is 5.82 Å². The molecule has 2 heterocycles. The van der Waals surface area contributed by atoms with Gasteiger partial charge in [-0.25, -0.2) is 4.98 Å². The fraction of sp³-hybridized carbons (Fsp3) is 0.444. The van der Waals surface area contributed by atoms with Crippen molar-refractivity contribution in [3.8, 4) is 11.3 Å². The Kier molecular flexibility index (Phi) is 3.13. The number of aromatic nitrogens is 2. The zero-order valence-corrected chi connectivity index (χ0v) is 12.3. The lowest BCUT2D eigenvalue weighted by Crippen LogP contribution is -2.26. The highest BCUT2D eigenvalue weighted by atomic mass is 15.2. The zero-order chi connectivity index (χ0) is 14.1. The molecule has 1 saturated heterocycles. The Hall–Kier alpha value is -1.90. The second kappa shape index (κ2) is 5.14. The second-order valence-corrected chi connectivity index (χ2v) is 6.44. The summed E-state index contributed by atoms with van der Waals surface area (Å²) in [4.78, 5) is 11.7. The number of nitrogens with zero attached hydrogens (tertiary/aromatic N) is 3. The highest BCUT2D eigenvalue weighted by Crippen LogP contribution is 2.53. The first-order valence-electron chi connectivity index (χ1n) is 7.98. The number of hydrogen-bond acceptors (Lipinski definition) is 3. The molecule has 0 unspecified atom stereocenters. The minimum absolute atomic E-state index is 0.684. The van der Waals surface area contributed by atoms with Gasteiger partial charge in [-0.15, -0.1) is 0 Å². The minimum atomic E-state index is 0.684. The first-order chi connectivity index (χ1) is 10.4. The fourth-order valence-electron chi connectivity index (χ4n) is 3.50. The van der Waals surface area contributed by atoms with Crippen LogP contribution in [0.5, 0.6) is 0 Å². The number of rotatable bonds is 2. The number of hydrogen-bond donors (Lipinski definition) is 0. The maximum atomic E-state index is 4.65. The summed E-state index contributed by atoms with van der Waals surface area (Å²) in [6, 6.07) is 10.4. The van der Waals surface area contributed by atoms with Gasteiger partial charge in [0.1, 0.15) is 5.69 Å². The van der Waals surface area contributed by atoms with Crippen LogP contribution in [0.3, 0.4) is 0 Å². The lowest BCUT2D eigenvalue weighted by Gasteiger charge is -2.23. The van der Waals surface area contributed by atoms with Crippen LogP contribution in [0.2, 0.25) is 0 Å². The molecule has 3 heteroatoms. The van der Waals surface area contributed by atoms with E-state index in [0.29, 0.717) is 5.41 Å². The summed E-state index contributed by atoms with van der Waals surface area (Å²) >= 11 is 0. The van der Waals surface area contributed by atoms with Gasteiger partial charge in [0.2, 0.25) is 0 Å². The van der Waals surface area contributed by atoms with Crippen LogP contribution in [0.4, 0.5) is 5.82 Å². The van der Waals surface area contributed by atoms with Gasteiger partial charge in [0.25, 0.3) is 0 Å². The monoisotopic (exact) mass is 279 g/mol. The van der Waals surface area contributed by atoms with E-state index in [1.165, 1.54) is 32.1 Å². The molecule has 0 bridgehead atoms. The van der Waals surface area contributed by atoms with E-state index in [1.807, 2.05) is 12.3 Å². The second-order valence-electron chi connectivity index (χ2n) is 6.44. The van der Waals surface area contributed by atoms with E-state index in [2.05, 4.69) is 39.1 Å². The van der Waals surface area contributed by atoms with Crippen LogP contribution in [-0.2, 0) is 0 Å². The van der Waals surface area contributed by atoms with E-state index in [4.69, 9.17) is 0 Å². The molecule has 2 aliphatic rings. The summed E-state index contributed by atoms with van der Waals surface area (Å²) in [7, 11) is 0. The predicted molar refractivity (Wildman–Crippen MR) is 85.2 cm³/mol. The normalized spacial score (nSPS) is 20.3. The molecule has 1 aliphatic heterocycles. The summed E-state index contributed by atoms with van der Waals surface area (Å²) in [6.07, 6.45) is 10.5. The Morgan fingerprint density at radius 3 is 2.48 bits per heavy atom. The average Bonchev–Trinajstić information content (AvgIpc) is 3.35. The molecular formula is C18H21N3. The summed E-state index contributed by atoms with van der Waals surface area (Å²) < 4.78 is 0. The molecule has 2 aromatic rings. The molecule has 4 rings (SSSR count). The van der Waals surface area contributed by atoms with Crippen LogP contribution in [-0.4, -0.2) is 23.1 Å². The van der Waals surface area contributed by atoms with Gasteiger partial charge in [-0.05, 0) is 37.5 Å². The van der Waals surface area contributed by atoms with Crippen molar-refractivity contribution in [2.24, 2.45) is 5.41 Å². The van der Waals surface area contributed by atoms with E-state index in [9.17, 15) is 0 Å². The van der Waals surface area contributed by atoms with Crippen LogP contribution in [0, 0.1) is 5.41 Å². The van der Waals surface area contributed by atoms with Crippen LogP contribution in [0.25, 0.3) is 11.3 Å². The maximum absolute atomic E-state index is 4.65. The predicted octanol–water partition coefficient (Wildman–Crippen LogP) is 3.91. The van der Waals surface area contributed by atoms with Crippen LogP contribution >= 0.6 is 0 Å². The molecule has 108 valence electrons. The van der Waals surface area contributed by atoms with Crippen LogP contribution < -0.4 is 4.90 Å². The van der Waals surface area contributed by atoms with Gasteiger partial charge >= 0.3 is 0 Å². The number of benzene rings is 1. The van der Waals surface area contributed by atoms with Gasteiger partial charge in [-0.1, -0.05) is 30.3 Å². The quantitative estimate of drug-likeness (QED) is 0.834. The molecule has 0 amide bonds. The first-order valence-corrected chi connectivity index (χ1v) is 7.98. The summed E-state index contributed by atoms with van der Waals surface area (Å²) in [5.74, 6) is 1.06. The van der Waals surface area contributed by atoms with Crippen molar-refractivity contribution in [3.63, 3.8) is 0 Å². The number of anilines is 1. The van der Waals surface area contributed by atoms with Gasteiger partial charge in [0.05, 0.1) is 0 Å². The van der Waals surface area contributed by atoms with E-state index >= 15 is 0 Å². The van der Waals surface area contributed by atoms with Gasteiger partial charge in [-0.2, -0.15) is 0 Å². The smallest absolute Gasteiger partial charge is 0.155 e. The van der Waals surface area contributed by atoms with Crippen molar-refractivity contribution in [2.75, 3.05) is 18.0 Å². The third kappa shape index (κ3) is 2.53. The maximum Gasteiger partial charge on any atom is 0.155 e. The highest BCUT2D eigenvalue weighted by Gasteiger charge is 2.43. The zero-order valence-electron chi connectivity index (χ0n) is 12.3. The molecule has 1 spiro atoms. The molecule has 1 aliphatic carbocycles. The Bertz CT molecular complexity index is 619. The average molecular weight is 279 g/mol. The lowest BCUT2D eigenvalue weighted by molar-refractivity contribution is 0.454. The van der Waals surface area contributed by atoms with Gasteiger partial charge in [-0.3, -0.25) is 4.98 Å². The molecular weight excluding hydrogens is 258 g/mol. The van der Waals surface area contributed by atoms with Crippen molar-refractivity contribution >= 4 is 5.82 Å². The third-order valence-corrected chi connectivity index (χ3v) is 5.03. The Balaban J connectivity index is 1.65. The molecule has 0 radical (unpaired) electrons. The summed E-state index contributed by atoms with van der Waals surface area (Å²) in [5.41, 5.74) is 2.86. The largest absolute Gasteiger partial charge is 0.355 e. The molecule has 3 nitrogen and oxygen atoms in total. The van der Waals surface area contributed by atoms with Gasteiger partial charge < -0.3 is 4.90 Å². The molecule has 0 atom stereocenters. The standard InChI is InChI=1S/C18H21N3/c1-2-5-15(6-3-1)16-17(20-12-11-19-16)21-13-4-7-18(8-9-18)10-14-21/h1-3,5-6,11-12H,4,7-10,13-14H2. The molecule has 2 fully saturated rings. The van der Waals surface area contributed by atoms with E-state index in [1.54, 1.807) is 6.20 Å². The molecule has 21 heavy (non-hydrogen) atoms. The molecule has 1 aromatic carbocycles.